The Morgan fingerprint density at radius 2 is 1.17 bits per heavy atom. The second kappa shape index (κ2) is 7.79. The largest absolute Gasteiger partial charge is 0.289 e. The minimum Gasteiger partial charge on any atom is -0.289 e. The second-order valence-electron chi connectivity index (χ2n) is 6.99. The van der Waals surface area contributed by atoms with Gasteiger partial charge in [-0.05, 0) is 60.8 Å². The van der Waals surface area contributed by atoms with Gasteiger partial charge in [0.15, 0.2) is 5.78 Å². The number of ketones is 1. The highest BCUT2D eigenvalue weighted by atomic mass is 16.1. The summed E-state index contributed by atoms with van der Waals surface area (Å²) in [5.74, 6) is 1.11. The van der Waals surface area contributed by atoms with Gasteiger partial charge in [0.05, 0.1) is 0 Å². The van der Waals surface area contributed by atoms with Crippen molar-refractivity contribution in [3.05, 3.63) is 69.8 Å². The zero-order valence-corrected chi connectivity index (χ0v) is 15.9. The molecule has 0 aliphatic carbocycles. The lowest BCUT2D eigenvalue weighted by molar-refractivity contribution is 0.103. The molecule has 0 bridgehead atoms. The third kappa shape index (κ3) is 3.45. The second-order valence-corrected chi connectivity index (χ2v) is 6.99. The van der Waals surface area contributed by atoms with Gasteiger partial charge < -0.3 is 0 Å². The van der Waals surface area contributed by atoms with Crippen LogP contribution < -0.4 is 0 Å². The maximum absolute atomic E-state index is 13.2. The molecule has 0 spiro atoms. The van der Waals surface area contributed by atoms with E-state index in [1.165, 1.54) is 11.1 Å². The molecule has 0 amide bonds. The molecule has 2 aromatic carbocycles. The van der Waals surface area contributed by atoms with Gasteiger partial charge in [-0.2, -0.15) is 0 Å². The van der Waals surface area contributed by atoms with E-state index < -0.39 is 0 Å². The first-order chi connectivity index (χ1) is 11.4. The van der Waals surface area contributed by atoms with Crippen LogP contribution in [0.3, 0.4) is 0 Å². The summed E-state index contributed by atoms with van der Waals surface area (Å²) in [5.41, 5.74) is 6.53. The molecule has 2 atom stereocenters. The zero-order chi connectivity index (χ0) is 17.9. The first kappa shape index (κ1) is 18.4. The summed E-state index contributed by atoms with van der Waals surface area (Å²) >= 11 is 0. The Morgan fingerprint density at radius 3 is 1.50 bits per heavy atom. The van der Waals surface area contributed by atoms with Gasteiger partial charge in [0.1, 0.15) is 0 Å². The van der Waals surface area contributed by atoms with Gasteiger partial charge in [-0.25, -0.2) is 0 Å². The number of rotatable bonds is 6. The Morgan fingerprint density at radius 1 is 0.792 bits per heavy atom. The number of hydrogen-bond donors (Lipinski definition) is 0. The highest BCUT2D eigenvalue weighted by Crippen LogP contribution is 2.29. The lowest BCUT2D eigenvalue weighted by Gasteiger charge is -2.18. The van der Waals surface area contributed by atoms with Gasteiger partial charge >= 0.3 is 0 Å². The number of benzene rings is 2. The fraction of sp³-hybridized carbons (Fsp3) is 0.435. The van der Waals surface area contributed by atoms with E-state index in [4.69, 9.17) is 0 Å². The number of carbonyl (C=O) groups excluding carboxylic acids is 1. The van der Waals surface area contributed by atoms with Crippen LogP contribution in [-0.2, 0) is 0 Å². The lowest BCUT2D eigenvalue weighted by atomic mass is 9.86. The summed E-state index contributed by atoms with van der Waals surface area (Å²) in [5, 5.41) is 0. The van der Waals surface area contributed by atoms with Crippen molar-refractivity contribution in [3.8, 4) is 0 Å². The molecular weight excluding hydrogens is 292 g/mol. The van der Waals surface area contributed by atoms with Crippen molar-refractivity contribution in [1.29, 1.82) is 0 Å². The van der Waals surface area contributed by atoms with E-state index in [0.717, 1.165) is 35.1 Å². The van der Waals surface area contributed by atoms with E-state index in [1.807, 2.05) is 24.3 Å². The molecule has 2 rings (SSSR count). The predicted molar refractivity (Wildman–Crippen MR) is 103 cm³/mol. The van der Waals surface area contributed by atoms with E-state index in [9.17, 15) is 4.79 Å². The molecule has 24 heavy (non-hydrogen) atoms. The average Bonchev–Trinajstić information content (AvgIpc) is 2.60. The van der Waals surface area contributed by atoms with Crippen molar-refractivity contribution >= 4 is 5.78 Å². The summed E-state index contributed by atoms with van der Waals surface area (Å²) in [6, 6.07) is 12.3. The maximum Gasteiger partial charge on any atom is 0.193 e. The summed E-state index contributed by atoms with van der Waals surface area (Å²) in [7, 11) is 0. The predicted octanol–water partition coefficient (Wildman–Crippen LogP) is 6.56. The molecular formula is C23H30O. The minimum atomic E-state index is 0.153. The maximum atomic E-state index is 13.2. The third-order valence-electron chi connectivity index (χ3n) is 5.53. The summed E-state index contributed by atoms with van der Waals surface area (Å²) in [6.07, 6.45) is 2.17. The van der Waals surface area contributed by atoms with Crippen LogP contribution in [0.25, 0.3) is 0 Å². The number of carbonyl (C=O) groups is 1. The summed E-state index contributed by atoms with van der Waals surface area (Å²) < 4.78 is 0. The molecule has 0 saturated carbocycles. The van der Waals surface area contributed by atoms with Crippen molar-refractivity contribution in [2.45, 2.75) is 66.2 Å². The lowest BCUT2D eigenvalue weighted by Crippen LogP contribution is -2.10. The Labute approximate surface area is 147 Å². The zero-order valence-electron chi connectivity index (χ0n) is 15.9. The molecule has 2 unspecified atom stereocenters. The Balaban J connectivity index is 2.51. The van der Waals surface area contributed by atoms with Gasteiger partial charge in [0.25, 0.3) is 0 Å². The van der Waals surface area contributed by atoms with Crippen LogP contribution in [-0.4, -0.2) is 5.78 Å². The van der Waals surface area contributed by atoms with Gasteiger partial charge in [-0.3, -0.25) is 4.79 Å². The van der Waals surface area contributed by atoms with Crippen LogP contribution in [0.4, 0.5) is 0 Å². The van der Waals surface area contributed by atoms with Gasteiger partial charge in [-0.15, -0.1) is 0 Å². The SMILES string of the molecule is CCC(C)c1cccc(C(=O)c2cccc(C(C)CC)c2C)c1C. The molecule has 0 fully saturated rings. The van der Waals surface area contributed by atoms with E-state index in [0.29, 0.717) is 11.8 Å². The average molecular weight is 322 g/mol. The van der Waals surface area contributed by atoms with Crippen molar-refractivity contribution < 1.29 is 4.79 Å². The van der Waals surface area contributed by atoms with Crippen molar-refractivity contribution in [2.24, 2.45) is 0 Å². The standard InChI is InChI=1S/C23H30O/c1-7-15(3)19-11-9-13-21(17(19)5)23(24)22-14-10-12-20(18(22)6)16(4)8-2/h9-16H,7-8H2,1-6H3. The molecule has 0 radical (unpaired) electrons. The molecule has 1 nitrogen and oxygen atoms in total. The Kier molecular flexibility index (Phi) is 5.99. The Hall–Kier alpha value is -1.89. The summed E-state index contributed by atoms with van der Waals surface area (Å²) in [4.78, 5) is 13.2. The normalized spacial score (nSPS) is 13.6. The van der Waals surface area contributed by atoms with Crippen LogP contribution >= 0.6 is 0 Å². The number of hydrogen-bond acceptors (Lipinski definition) is 1. The van der Waals surface area contributed by atoms with Crippen molar-refractivity contribution in [1.82, 2.24) is 0 Å². The van der Waals surface area contributed by atoms with Crippen LogP contribution in [0.5, 0.6) is 0 Å². The first-order valence-corrected chi connectivity index (χ1v) is 9.15. The fourth-order valence-corrected chi connectivity index (χ4v) is 3.45. The van der Waals surface area contributed by atoms with Crippen molar-refractivity contribution in [3.63, 3.8) is 0 Å². The van der Waals surface area contributed by atoms with Crippen LogP contribution in [0.2, 0.25) is 0 Å². The van der Waals surface area contributed by atoms with Crippen LogP contribution in [0.1, 0.15) is 90.5 Å². The molecule has 2 aromatic rings. The van der Waals surface area contributed by atoms with Crippen LogP contribution in [0.15, 0.2) is 36.4 Å². The molecule has 0 aliphatic heterocycles. The van der Waals surface area contributed by atoms with E-state index >= 15 is 0 Å². The topological polar surface area (TPSA) is 17.1 Å². The van der Waals surface area contributed by atoms with E-state index in [2.05, 4.69) is 53.7 Å². The third-order valence-corrected chi connectivity index (χ3v) is 5.53. The van der Waals surface area contributed by atoms with Gasteiger partial charge in [0, 0.05) is 11.1 Å². The van der Waals surface area contributed by atoms with E-state index in [1.54, 1.807) is 0 Å². The molecule has 0 aromatic heterocycles. The Bertz CT molecular complexity index is 665. The fourth-order valence-electron chi connectivity index (χ4n) is 3.45. The molecule has 0 saturated heterocycles. The van der Waals surface area contributed by atoms with Crippen LogP contribution in [0, 0.1) is 13.8 Å². The first-order valence-electron chi connectivity index (χ1n) is 9.15. The van der Waals surface area contributed by atoms with Gasteiger partial charge in [-0.1, -0.05) is 64.1 Å². The molecule has 128 valence electrons. The monoisotopic (exact) mass is 322 g/mol. The minimum absolute atomic E-state index is 0.153. The smallest absolute Gasteiger partial charge is 0.193 e. The molecule has 1 heteroatoms. The highest BCUT2D eigenvalue weighted by Gasteiger charge is 2.19. The molecule has 0 N–H and O–H groups in total. The quantitative estimate of drug-likeness (QED) is 0.550. The van der Waals surface area contributed by atoms with Gasteiger partial charge in [0.2, 0.25) is 0 Å². The highest BCUT2D eigenvalue weighted by molar-refractivity contribution is 6.11. The van der Waals surface area contributed by atoms with Crippen molar-refractivity contribution in [2.75, 3.05) is 0 Å². The summed E-state index contributed by atoms with van der Waals surface area (Å²) in [6.45, 7) is 13.0. The van der Waals surface area contributed by atoms with E-state index in [-0.39, 0.29) is 5.78 Å². The molecule has 0 heterocycles. The molecule has 0 aliphatic rings.